The van der Waals surface area contributed by atoms with Gasteiger partial charge in [-0.15, -0.1) is 5.10 Å². The molecule has 0 aliphatic carbocycles. The number of aromatic amines is 1. The number of sulfonamides is 1. The van der Waals surface area contributed by atoms with E-state index in [1.165, 1.54) is 40.3 Å². The van der Waals surface area contributed by atoms with Crippen molar-refractivity contribution in [3.63, 3.8) is 0 Å². The van der Waals surface area contributed by atoms with Gasteiger partial charge in [0.15, 0.2) is 11.6 Å². The molecule has 0 radical (unpaired) electrons. The van der Waals surface area contributed by atoms with Crippen molar-refractivity contribution in [2.24, 2.45) is 0 Å². The molecule has 1 aliphatic heterocycles. The Balaban J connectivity index is 1.36. The van der Waals surface area contributed by atoms with Gasteiger partial charge in [-0.25, -0.2) is 13.4 Å². The highest BCUT2D eigenvalue weighted by molar-refractivity contribution is 7.99. The van der Waals surface area contributed by atoms with E-state index in [1.54, 1.807) is 7.11 Å². The smallest absolute Gasteiger partial charge is 0.243 e. The second-order valence-electron chi connectivity index (χ2n) is 6.95. The minimum Gasteiger partial charge on any atom is -0.497 e. The van der Waals surface area contributed by atoms with Gasteiger partial charge in [0, 0.05) is 24.2 Å². The van der Waals surface area contributed by atoms with E-state index in [-0.39, 0.29) is 16.4 Å². The molecule has 0 spiro atoms. The molecule has 2 aromatic carbocycles. The molecule has 11 heteroatoms. The molecular weight excluding hydrogens is 452 g/mol. The SMILES string of the molecule is COc1ccc(-c2nc(SCC(=O)c3ccc(S(=O)(=O)N4CCOCC4)cc3)n[nH]2)cc1. The zero-order valence-electron chi connectivity index (χ0n) is 17.4. The molecule has 9 nitrogen and oxygen atoms in total. The van der Waals surface area contributed by atoms with Crippen LogP contribution < -0.4 is 4.74 Å². The van der Waals surface area contributed by atoms with Crippen LogP contribution in [-0.2, 0) is 14.8 Å². The van der Waals surface area contributed by atoms with E-state index in [0.29, 0.717) is 42.8 Å². The first-order valence-corrected chi connectivity index (χ1v) is 12.3. The highest BCUT2D eigenvalue weighted by Gasteiger charge is 2.26. The van der Waals surface area contributed by atoms with Crippen molar-refractivity contribution in [1.82, 2.24) is 19.5 Å². The fourth-order valence-corrected chi connectivity index (χ4v) is 5.25. The largest absolute Gasteiger partial charge is 0.497 e. The van der Waals surface area contributed by atoms with E-state index in [2.05, 4.69) is 15.2 Å². The minimum absolute atomic E-state index is 0.134. The zero-order chi connectivity index (χ0) is 22.6. The van der Waals surface area contributed by atoms with Gasteiger partial charge in [-0.3, -0.25) is 9.89 Å². The molecule has 0 unspecified atom stereocenters. The predicted octanol–water partition coefficient (Wildman–Crippen LogP) is 2.48. The summed E-state index contributed by atoms with van der Waals surface area (Å²) < 4.78 is 37.1. The molecule has 1 aromatic heterocycles. The number of H-pyrrole nitrogens is 1. The highest BCUT2D eigenvalue weighted by atomic mass is 32.2. The average molecular weight is 475 g/mol. The number of rotatable bonds is 8. The number of carbonyl (C=O) groups excluding carboxylic acids is 1. The van der Waals surface area contributed by atoms with Crippen molar-refractivity contribution >= 4 is 27.6 Å². The Morgan fingerprint density at radius 2 is 1.81 bits per heavy atom. The molecule has 0 saturated carbocycles. The van der Waals surface area contributed by atoms with E-state index < -0.39 is 10.0 Å². The van der Waals surface area contributed by atoms with Gasteiger partial charge in [0.1, 0.15) is 5.75 Å². The number of ketones is 1. The van der Waals surface area contributed by atoms with Gasteiger partial charge < -0.3 is 9.47 Å². The second kappa shape index (κ2) is 9.82. The van der Waals surface area contributed by atoms with Crippen LogP contribution in [0.2, 0.25) is 0 Å². The standard InChI is InChI=1S/C21H22N4O5S2/c1-29-17-6-2-16(3-7-17)20-22-21(24-23-20)31-14-19(26)15-4-8-18(9-5-15)32(27,28)25-10-12-30-13-11-25/h2-9H,10-14H2,1H3,(H,22,23,24). The van der Waals surface area contributed by atoms with Crippen molar-refractivity contribution in [2.75, 3.05) is 39.2 Å². The third kappa shape index (κ3) is 5.01. The summed E-state index contributed by atoms with van der Waals surface area (Å²) in [6.07, 6.45) is 0. The molecule has 3 aromatic rings. The maximum Gasteiger partial charge on any atom is 0.243 e. The first-order valence-electron chi connectivity index (χ1n) is 9.88. The van der Waals surface area contributed by atoms with Crippen LogP contribution in [0.25, 0.3) is 11.4 Å². The summed E-state index contributed by atoms with van der Waals surface area (Å²) in [5.74, 6) is 1.34. The van der Waals surface area contributed by atoms with Gasteiger partial charge in [-0.2, -0.15) is 4.31 Å². The molecule has 0 atom stereocenters. The lowest BCUT2D eigenvalue weighted by molar-refractivity contribution is 0.0730. The summed E-state index contributed by atoms with van der Waals surface area (Å²) in [4.78, 5) is 17.1. The van der Waals surface area contributed by atoms with E-state index in [4.69, 9.17) is 9.47 Å². The number of Topliss-reactive ketones (excluding diaryl/α,β-unsaturated/α-hetero) is 1. The highest BCUT2D eigenvalue weighted by Crippen LogP contribution is 2.23. The number of benzene rings is 2. The van der Waals surface area contributed by atoms with Crippen LogP contribution in [0.5, 0.6) is 5.75 Å². The molecule has 1 aliphatic rings. The molecule has 1 fully saturated rings. The number of hydrogen-bond donors (Lipinski definition) is 1. The van der Waals surface area contributed by atoms with E-state index >= 15 is 0 Å². The summed E-state index contributed by atoms with van der Waals surface area (Å²) in [6.45, 7) is 1.42. The summed E-state index contributed by atoms with van der Waals surface area (Å²) in [7, 11) is -1.98. The molecule has 1 saturated heterocycles. The van der Waals surface area contributed by atoms with Crippen LogP contribution in [0.15, 0.2) is 58.6 Å². The third-order valence-corrected chi connectivity index (χ3v) is 7.70. The van der Waals surface area contributed by atoms with Gasteiger partial charge in [0.25, 0.3) is 0 Å². The molecule has 32 heavy (non-hydrogen) atoms. The number of carbonyl (C=O) groups is 1. The Labute approximate surface area is 190 Å². The van der Waals surface area contributed by atoms with Crippen molar-refractivity contribution < 1.29 is 22.7 Å². The van der Waals surface area contributed by atoms with Gasteiger partial charge in [0.2, 0.25) is 15.2 Å². The van der Waals surface area contributed by atoms with Gasteiger partial charge in [-0.05, 0) is 36.4 Å². The fourth-order valence-electron chi connectivity index (χ4n) is 3.15. The molecular formula is C21H22N4O5S2. The maximum absolute atomic E-state index is 12.7. The molecule has 2 heterocycles. The van der Waals surface area contributed by atoms with Gasteiger partial charge in [0.05, 0.1) is 31.0 Å². The van der Waals surface area contributed by atoms with Gasteiger partial charge >= 0.3 is 0 Å². The number of methoxy groups -OCH3 is 1. The van der Waals surface area contributed by atoms with Crippen molar-refractivity contribution in [2.45, 2.75) is 10.1 Å². The van der Waals surface area contributed by atoms with Crippen molar-refractivity contribution in [1.29, 1.82) is 0 Å². The topological polar surface area (TPSA) is 114 Å². The normalized spacial score (nSPS) is 14.9. The van der Waals surface area contributed by atoms with E-state index in [9.17, 15) is 13.2 Å². The van der Waals surface area contributed by atoms with Crippen LogP contribution in [0.4, 0.5) is 0 Å². The van der Waals surface area contributed by atoms with E-state index in [1.807, 2.05) is 24.3 Å². The van der Waals surface area contributed by atoms with Crippen LogP contribution in [0.1, 0.15) is 10.4 Å². The van der Waals surface area contributed by atoms with Crippen LogP contribution in [0, 0.1) is 0 Å². The fraction of sp³-hybridized carbons (Fsp3) is 0.286. The number of hydrogen-bond acceptors (Lipinski definition) is 8. The quantitative estimate of drug-likeness (QED) is 0.391. The lowest BCUT2D eigenvalue weighted by Crippen LogP contribution is -2.40. The Morgan fingerprint density at radius 1 is 1.12 bits per heavy atom. The number of thioether (sulfide) groups is 1. The summed E-state index contributed by atoms with van der Waals surface area (Å²) in [6, 6.07) is 13.4. The Bertz CT molecular complexity index is 1170. The lowest BCUT2D eigenvalue weighted by atomic mass is 10.1. The van der Waals surface area contributed by atoms with Crippen LogP contribution >= 0.6 is 11.8 Å². The van der Waals surface area contributed by atoms with Crippen molar-refractivity contribution in [3.8, 4) is 17.1 Å². The molecule has 1 N–H and O–H groups in total. The second-order valence-corrected chi connectivity index (χ2v) is 9.83. The first-order chi connectivity index (χ1) is 15.5. The average Bonchev–Trinajstić information content (AvgIpc) is 3.32. The number of nitrogens with one attached hydrogen (secondary N) is 1. The number of nitrogens with zero attached hydrogens (tertiary/aromatic N) is 3. The Hall–Kier alpha value is -2.73. The summed E-state index contributed by atoms with van der Waals surface area (Å²) in [5, 5.41) is 7.47. The Morgan fingerprint density at radius 3 is 2.47 bits per heavy atom. The summed E-state index contributed by atoms with van der Waals surface area (Å²) >= 11 is 1.21. The van der Waals surface area contributed by atoms with Crippen LogP contribution in [0.3, 0.4) is 0 Å². The molecule has 168 valence electrons. The lowest BCUT2D eigenvalue weighted by Gasteiger charge is -2.26. The number of aromatic nitrogens is 3. The summed E-state index contributed by atoms with van der Waals surface area (Å²) in [5.41, 5.74) is 1.29. The van der Waals surface area contributed by atoms with Crippen LogP contribution in [-0.4, -0.2) is 72.9 Å². The Kier molecular flexibility index (Phi) is 6.89. The zero-order valence-corrected chi connectivity index (χ0v) is 19.0. The molecule has 4 rings (SSSR count). The monoisotopic (exact) mass is 474 g/mol. The van der Waals surface area contributed by atoms with Crippen molar-refractivity contribution in [3.05, 3.63) is 54.1 Å². The molecule has 0 bridgehead atoms. The number of ether oxygens (including phenoxy) is 2. The third-order valence-electron chi connectivity index (χ3n) is 4.94. The van der Waals surface area contributed by atoms with E-state index in [0.717, 1.165) is 11.3 Å². The van der Waals surface area contributed by atoms with Gasteiger partial charge in [-0.1, -0.05) is 23.9 Å². The molecule has 0 amide bonds. The number of morpholine rings is 1. The predicted molar refractivity (Wildman–Crippen MR) is 119 cm³/mol. The first kappa shape index (κ1) is 22.5. The maximum atomic E-state index is 12.7. The minimum atomic E-state index is -3.58.